The number of aromatic nitrogens is 1. The Hall–Kier alpha value is -0.700. The molecule has 0 aromatic carbocycles. The van der Waals surface area contributed by atoms with Gasteiger partial charge in [-0.05, 0) is 32.6 Å². The molecular formula is C15H25N3O3S2. The minimum Gasteiger partial charge on any atom is -0.467 e. The summed E-state index contributed by atoms with van der Waals surface area (Å²) < 4.78 is 31.4. The molecule has 8 heteroatoms. The van der Waals surface area contributed by atoms with Gasteiger partial charge in [0.2, 0.25) is 10.0 Å². The van der Waals surface area contributed by atoms with Crippen molar-refractivity contribution >= 4 is 21.4 Å². The Balaban J connectivity index is 1.44. The molecule has 0 radical (unpaired) electrons. The first-order valence-corrected chi connectivity index (χ1v) is 10.9. The van der Waals surface area contributed by atoms with Crippen molar-refractivity contribution in [3.05, 3.63) is 11.6 Å². The van der Waals surface area contributed by atoms with Crippen molar-refractivity contribution < 1.29 is 13.2 Å². The van der Waals surface area contributed by atoms with E-state index < -0.39 is 10.0 Å². The van der Waals surface area contributed by atoms with Crippen LogP contribution in [0.3, 0.4) is 0 Å². The highest BCUT2D eigenvalue weighted by atomic mass is 32.2. The first-order valence-electron chi connectivity index (χ1n) is 8.36. The predicted molar refractivity (Wildman–Crippen MR) is 91.4 cm³/mol. The fourth-order valence-corrected chi connectivity index (χ4v) is 5.12. The Morgan fingerprint density at radius 1 is 1.22 bits per heavy atom. The molecule has 0 atom stereocenters. The molecule has 2 aliphatic rings. The maximum absolute atomic E-state index is 11.9. The standard InChI is InChI=1S/C15H25N3O3S2/c1-2-23(19,20)18-10-3-13(4-11-18)17-8-5-14(6-9-17)21-15-16-7-12-22-15/h7,12-14H,2-6,8-11H2,1H3. The zero-order valence-corrected chi connectivity index (χ0v) is 15.2. The summed E-state index contributed by atoms with van der Waals surface area (Å²) in [5.74, 6) is 0.206. The highest BCUT2D eigenvalue weighted by molar-refractivity contribution is 7.89. The number of ether oxygens (including phenoxy) is 1. The first-order chi connectivity index (χ1) is 11.1. The maximum atomic E-state index is 11.9. The van der Waals surface area contributed by atoms with E-state index in [9.17, 15) is 8.42 Å². The Morgan fingerprint density at radius 2 is 1.91 bits per heavy atom. The molecule has 2 fully saturated rings. The SMILES string of the molecule is CCS(=O)(=O)N1CCC(N2CCC(Oc3nccs3)CC2)CC1. The summed E-state index contributed by atoms with van der Waals surface area (Å²) in [6, 6.07) is 0.513. The van der Waals surface area contributed by atoms with E-state index in [2.05, 4.69) is 9.88 Å². The third kappa shape index (κ3) is 4.23. The molecule has 0 unspecified atom stereocenters. The van der Waals surface area contributed by atoms with Crippen LogP contribution >= 0.6 is 11.3 Å². The van der Waals surface area contributed by atoms with Gasteiger partial charge < -0.3 is 9.64 Å². The van der Waals surface area contributed by atoms with E-state index in [1.165, 1.54) is 0 Å². The van der Waals surface area contributed by atoms with Crippen LogP contribution in [0.2, 0.25) is 0 Å². The van der Waals surface area contributed by atoms with Crippen molar-refractivity contribution in [3.8, 4) is 5.19 Å². The van der Waals surface area contributed by atoms with E-state index in [0.29, 0.717) is 19.1 Å². The summed E-state index contributed by atoms with van der Waals surface area (Å²) in [6.45, 7) is 5.10. The zero-order chi connectivity index (χ0) is 16.3. The van der Waals surface area contributed by atoms with E-state index in [0.717, 1.165) is 44.0 Å². The third-order valence-corrected chi connectivity index (χ3v) is 7.39. The van der Waals surface area contributed by atoms with E-state index >= 15 is 0 Å². The van der Waals surface area contributed by atoms with Crippen LogP contribution in [0.1, 0.15) is 32.6 Å². The number of rotatable bonds is 5. The second-order valence-electron chi connectivity index (χ2n) is 6.18. The quantitative estimate of drug-likeness (QED) is 0.802. The summed E-state index contributed by atoms with van der Waals surface area (Å²) >= 11 is 1.54. The lowest BCUT2D eigenvalue weighted by Gasteiger charge is -2.41. The molecule has 3 rings (SSSR count). The summed E-state index contributed by atoms with van der Waals surface area (Å²) in [5.41, 5.74) is 0. The van der Waals surface area contributed by atoms with Gasteiger partial charge in [-0.1, -0.05) is 11.3 Å². The molecule has 1 aromatic rings. The van der Waals surface area contributed by atoms with Gasteiger partial charge in [-0.25, -0.2) is 17.7 Å². The third-order valence-electron chi connectivity index (χ3n) is 4.85. The molecule has 3 heterocycles. The van der Waals surface area contributed by atoms with Gasteiger partial charge in [-0.15, -0.1) is 0 Å². The molecule has 130 valence electrons. The number of likely N-dealkylation sites (tertiary alicyclic amines) is 1. The minimum atomic E-state index is -3.02. The van der Waals surface area contributed by atoms with Crippen LogP contribution in [-0.4, -0.2) is 66.7 Å². The highest BCUT2D eigenvalue weighted by Crippen LogP contribution is 2.25. The van der Waals surface area contributed by atoms with Crippen molar-refractivity contribution in [2.75, 3.05) is 31.9 Å². The fourth-order valence-electron chi connectivity index (χ4n) is 3.44. The summed E-state index contributed by atoms with van der Waals surface area (Å²) in [7, 11) is -3.02. The largest absolute Gasteiger partial charge is 0.467 e. The summed E-state index contributed by atoms with van der Waals surface area (Å²) in [4.78, 5) is 6.69. The lowest BCUT2D eigenvalue weighted by atomic mass is 10.00. The average molecular weight is 360 g/mol. The molecule has 0 aliphatic carbocycles. The van der Waals surface area contributed by atoms with Crippen LogP contribution in [0.4, 0.5) is 0 Å². The molecule has 0 saturated carbocycles. The van der Waals surface area contributed by atoms with Crippen molar-refractivity contribution in [1.82, 2.24) is 14.2 Å². The Labute approximate surface area is 142 Å². The lowest BCUT2D eigenvalue weighted by molar-refractivity contribution is 0.0584. The number of piperidine rings is 2. The number of thiazole rings is 1. The van der Waals surface area contributed by atoms with Gasteiger partial charge in [0.25, 0.3) is 5.19 Å². The van der Waals surface area contributed by atoms with Gasteiger partial charge in [-0.2, -0.15) is 0 Å². The Kier molecular flexibility index (Phi) is 5.56. The smallest absolute Gasteiger partial charge is 0.273 e. The van der Waals surface area contributed by atoms with E-state index in [1.807, 2.05) is 5.38 Å². The topological polar surface area (TPSA) is 62.7 Å². The van der Waals surface area contributed by atoms with Gasteiger partial charge in [0, 0.05) is 43.8 Å². The normalized spacial score (nSPS) is 23.2. The van der Waals surface area contributed by atoms with Crippen molar-refractivity contribution in [2.45, 2.75) is 44.8 Å². The average Bonchev–Trinajstić information content (AvgIpc) is 3.09. The number of hydrogen-bond donors (Lipinski definition) is 0. The van der Waals surface area contributed by atoms with Gasteiger partial charge in [0.15, 0.2) is 0 Å². The number of hydrogen-bond acceptors (Lipinski definition) is 6. The second-order valence-corrected chi connectivity index (χ2v) is 9.30. The van der Waals surface area contributed by atoms with Gasteiger partial charge in [0.05, 0.1) is 5.75 Å². The van der Waals surface area contributed by atoms with E-state index in [4.69, 9.17) is 4.74 Å². The van der Waals surface area contributed by atoms with Gasteiger partial charge in [-0.3, -0.25) is 0 Å². The maximum Gasteiger partial charge on any atom is 0.273 e. The number of sulfonamides is 1. The molecule has 6 nitrogen and oxygen atoms in total. The second kappa shape index (κ2) is 7.46. The lowest BCUT2D eigenvalue weighted by Crippen LogP contribution is -2.50. The van der Waals surface area contributed by atoms with Crippen molar-refractivity contribution in [3.63, 3.8) is 0 Å². The molecule has 23 heavy (non-hydrogen) atoms. The predicted octanol–water partition coefficient (Wildman–Crippen LogP) is 1.80. The molecule has 0 N–H and O–H groups in total. The van der Waals surface area contributed by atoms with Crippen molar-refractivity contribution in [1.29, 1.82) is 0 Å². The van der Waals surface area contributed by atoms with Crippen LogP contribution < -0.4 is 4.74 Å². The summed E-state index contributed by atoms with van der Waals surface area (Å²) in [6.07, 6.45) is 5.96. The Bertz CT molecular complexity index is 575. The molecule has 0 spiro atoms. The van der Waals surface area contributed by atoms with Crippen LogP contribution in [0.5, 0.6) is 5.19 Å². The highest BCUT2D eigenvalue weighted by Gasteiger charge is 2.32. The van der Waals surface area contributed by atoms with E-state index in [-0.39, 0.29) is 11.9 Å². The van der Waals surface area contributed by atoms with Gasteiger partial charge in [0.1, 0.15) is 6.10 Å². The van der Waals surface area contributed by atoms with Crippen LogP contribution in [0.15, 0.2) is 11.6 Å². The van der Waals surface area contributed by atoms with Crippen LogP contribution in [0.25, 0.3) is 0 Å². The molecule has 2 saturated heterocycles. The fraction of sp³-hybridized carbons (Fsp3) is 0.800. The van der Waals surface area contributed by atoms with Crippen LogP contribution in [0, 0.1) is 0 Å². The van der Waals surface area contributed by atoms with E-state index in [1.54, 1.807) is 28.8 Å². The van der Waals surface area contributed by atoms with Gasteiger partial charge >= 0.3 is 0 Å². The van der Waals surface area contributed by atoms with Crippen LogP contribution in [-0.2, 0) is 10.0 Å². The molecule has 0 amide bonds. The molecule has 1 aromatic heterocycles. The monoisotopic (exact) mass is 359 g/mol. The minimum absolute atomic E-state index is 0.206. The molecule has 2 aliphatic heterocycles. The molecular weight excluding hydrogens is 334 g/mol. The zero-order valence-electron chi connectivity index (χ0n) is 13.6. The number of nitrogens with zero attached hydrogens (tertiary/aromatic N) is 3. The first kappa shape index (κ1) is 17.1. The van der Waals surface area contributed by atoms with Crippen molar-refractivity contribution in [2.24, 2.45) is 0 Å². The Morgan fingerprint density at radius 3 is 2.48 bits per heavy atom. The molecule has 0 bridgehead atoms. The summed E-state index contributed by atoms with van der Waals surface area (Å²) in [5, 5.41) is 2.70.